The van der Waals surface area contributed by atoms with Gasteiger partial charge in [-0.05, 0) is 58.9 Å². The highest BCUT2D eigenvalue weighted by Gasteiger charge is 2.44. The fourth-order valence-corrected chi connectivity index (χ4v) is 9.45. The van der Waals surface area contributed by atoms with Crippen molar-refractivity contribution in [2.45, 2.75) is 25.2 Å². The number of fused-ring (bicyclic) bond motifs is 11. The number of allylic oxidation sites excluding steroid dienone is 2. The Morgan fingerprint density at radius 2 is 1.19 bits per heavy atom. The third kappa shape index (κ3) is 4.30. The van der Waals surface area contributed by atoms with E-state index in [1.165, 1.54) is 55.3 Å². The topological polar surface area (TPSA) is 35.6 Å². The largest absolute Gasteiger partial charge is 0.312 e. The smallest absolute Gasteiger partial charge is 0.165 e. The fourth-order valence-electron chi connectivity index (χ4n) is 9.45. The maximum absolute atomic E-state index is 5.46. The monoisotopic (exact) mass is 680 g/mol. The van der Waals surface area contributed by atoms with Gasteiger partial charge in [0.1, 0.15) is 5.69 Å². The summed E-state index contributed by atoms with van der Waals surface area (Å²) in [6.07, 6.45) is 9.76. The molecule has 3 heterocycles. The molecule has 0 saturated carbocycles. The Morgan fingerprint density at radius 3 is 1.96 bits per heavy atom. The van der Waals surface area contributed by atoms with Gasteiger partial charge in [0.25, 0.3) is 0 Å². The van der Waals surface area contributed by atoms with Gasteiger partial charge in [-0.15, -0.1) is 0 Å². The molecule has 2 atom stereocenters. The highest BCUT2D eigenvalue weighted by Crippen LogP contribution is 2.54. The lowest BCUT2D eigenvalue weighted by atomic mass is 9.65. The average molecular weight is 681 g/mol. The van der Waals surface area contributed by atoms with Gasteiger partial charge in [0.2, 0.25) is 0 Å². The molecule has 3 aromatic heterocycles. The molecule has 0 amide bonds. The first-order chi connectivity index (χ1) is 26.1. The number of rotatable bonds is 3. The molecule has 6 aromatic carbocycles. The summed E-state index contributed by atoms with van der Waals surface area (Å²) in [4.78, 5) is 10.8. The predicted molar refractivity (Wildman–Crippen MR) is 220 cm³/mol. The van der Waals surface area contributed by atoms with Crippen molar-refractivity contribution in [3.63, 3.8) is 0 Å². The van der Waals surface area contributed by atoms with Crippen molar-refractivity contribution in [2.75, 3.05) is 0 Å². The molecule has 4 heteroatoms. The van der Waals surface area contributed by atoms with E-state index in [0.717, 1.165) is 33.6 Å². The molecule has 2 aliphatic carbocycles. The van der Waals surface area contributed by atoms with Crippen LogP contribution in [0.1, 0.15) is 42.1 Å². The van der Waals surface area contributed by atoms with Crippen LogP contribution in [0, 0.1) is 5.92 Å². The van der Waals surface area contributed by atoms with Crippen LogP contribution in [0.3, 0.4) is 0 Å². The second kappa shape index (κ2) is 11.2. The molecule has 0 spiro atoms. The standard InChI is InChI=1S/C49H36N4/c1-49(2)39-30-29-36-34-19-9-13-23-42(34)52(33-17-7-4-8-18-33)46(36)38(39)28-26-31-25-27-37-35-20-10-14-24-43(35)53(47(37)44(31)49)48-45(32-15-5-3-6-16-32)50-40-21-11-12-22-41(40)51-48/h3-30,38-39H,1-2H3. The minimum Gasteiger partial charge on any atom is -0.312 e. The third-order valence-corrected chi connectivity index (χ3v) is 11.8. The Kier molecular flexibility index (Phi) is 6.39. The van der Waals surface area contributed by atoms with E-state index in [-0.39, 0.29) is 17.3 Å². The SMILES string of the molecule is CC1(C)c2c(ccc3c4ccccc4n(-c4nc5ccccc5nc4-c4ccccc4)c23)C=CC2c3c(c4ccccc4n3-c3ccccc3)C=CC21. The first-order valence-electron chi connectivity index (χ1n) is 18.5. The zero-order valence-corrected chi connectivity index (χ0v) is 29.6. The van der Waals surface area contributed by atoms with Crippen molar-refractivity contribution in [2.24, 2.45) is 5.92 Å². The van der Waals surface area contributed by atoms with E-state index in [2.05, 4.69) is 181 Å². The summed E-state index contributed by atoms with van der Waals surface area (Å²) in [5.41, 5.74) is 13.4. The van der Waals surface area contributed by atoms with E-state index in [0.29, 0.717) is 0 Å². The van der Waals surface area contributed by atoms with E-state index in [1.807, 2.05) is 12.1 Å². The molecule has 0 fully saturated rings. The van der Waals surface area contributed by atoms with E-state index in [4.69, 9.17) is 9.97 Å². The van der Waals surface area contributed by atoms with Crippen LogP contribution in [0.4, 0.5) is 0 Å². The Hall–Kier alpha value is -6.52. The average Bonchev–Trinajstić information content (AvgIpc) is 3.69. The molecule has 2 aliphatic rings. The van der Waals surface area contributed by atoms with Crippen LogP contribution in [0.15, 0.2) is 158 Å². The van der Waals surface area contributed by atoms with E-state index >= 15 is 0 Å². The number of hydrogen-bond acceptors (Lipinski definition) is 2. The van der Waals surface area contributed by atoms with Crippen LogP contribution in [0.5, 0.6) is 0 Å². The highest BCUT2D eigenvalue weighted by molar-refractivity contribution is 6.12. The minimum atomic E-state index is -0.279. The Bertz CT molecular complexity index is 2980. The number of benzene rings is 6. The van der Waals surface area contributed by atoms with E-state index in [1.54, 1.807) is 0 Å². The molecular formula is C49H36N4. The molecule has 0 radical (unpaired) electrons. The van der Waals surface area contributed by atoms with Crippen LogP contribution >= 0.6 is 0 Å². The molecule has 9 aromatic rings. The lowest BCUT2D eigenvalue weighted by Gasteiger charge is -2.39. The Labute approximate surface area is 308 Å². The van der Waals surface area contributed by atoms with Gasteiger partial charge in [-0.1, -0.05) is 147 Å². The maximum atomic E-state index is 5.46. The van der Waals surface area contributed by atoms with Crippen molar-refractivity contribution < 1.29 is 0 Å². The van der Waals surface area contributed by atoms with E-state index < -0.39 is 0 Å². The summed E-state index contributed by atoms with van der Waals surface area (Å²) < 4.78 is 4.92. The van der Waals surface area contributed by atoms with Gasteiger partial charge in [-0.25, -0.2) is 9.97 Å². The Balaban J connectivity index is 1.21. The summed E-state index contributed by atoms with van der Waals surface area (Å²) in [7, 11) is 0. The van der Waals surface area contributed by atoms with E-state index in [9.17, 15) is 0 Å². The third-order valence-electron chi connectivity index (χ3n) is 11.8. The van der Waals surface area contributed by atoms with Gasteiger partial charge in [0.15, 0.2) is 5.82 Å². The van der Waals surface area contributed by atoms with Crippen LogP contribution in [0.2, 0.25) is 0 Å². The summed E-state index contributed by atoms with van der Waals surface area (Å²) >= 11 is 0. The van der Waals surface area contributed by atoms with Gasteiger partial charge in [0, 0.05) is 44.6 Å². The fraction of sp³-hybridized carbons (Fsp3) is 0.102. The van der Waals surface area contributed by atoms with Crippen molar-refractivity contribution in [1.29, 1.82) is 0 Å². The van der Waals surface area contributed by atoms with Gasteiger partial charge in [-0.2, -0.15) is 0 Å². The van der Waals surface area contributed by atoms with Crippen molar-refractivity contribution in [3.05, 3.63) is 180 Å². The normalized spacial score (nSPS) is 17.2. The molecule has 0 saturated heterocycles. The molecule has 0 N–H and O–H groups in total. The van der Waals surface area contributed by atoms with Crippen LogP contribution < -0.4 is 0 Å². The van der Waals surface area contributed by atoms with Crippen LogP contribution in [-0.2, 0) is 5.41 Å². The van der Waals surface area contributed by atoms with Crippen molar-refractivity contribution in [3.8, 4) is 22.8 Å². The zero-order valence-electron chi connectivity index (χ0n) is 29.6. The first-order valence-corrected chi connectivity index (χ1v) is 18.5. The molecule has 53 heavy (non-hydrogen) atoms. The second-order valence-electron chi connectivity index (χ2n) is 15.0. The Morgan fingerprint density at radius 1 is 0.547 bits per heavy atom. The summed E-state index contributed by atoms with van der Waals surface area (Å²) in [5.74, 6) is 1.19. The molecule has 4 nitrogen and oxygen atoms in total. The van der Waals surface area contributed by atoms with Crippen molar-refractivity contribution >= 4 is 55.9 Å². The summed E-state index contributed by atoms with van der Waals surface area (Å²) in [5, 5.41) is 3.73. The number of para-hydroxylation sites is 5. The highest BCUT2D eigenvalue weighted by atomic mass is 15.1. The molecule has 0 aliphatic heterocycles. The molecule has 252 valence electrons. The van der Waals surface area contributed by atoms with Gasteiger partial charge >= 0.3 is 0 Å². The van der Waals surface area contributed by atoms with Gasteiger partial charge in [0.05, 0.1) is 27.6 Å². The van der Waals surface area contributed by atoms with Crippen LogP contribution in [0.25, 0.3) is 78.7 Å². The molecule has 2 unspecified atom stereocenters. The minimum absolute atomic E-state index is 0.151. The molecule has 0 bridgehead atoms. The van der Waals surface area contributed by atoms with Gasteiger partial charge < -0.3 is 4.57 Å². The van der Waals surface area contributed by atoms with Crippen molar-refractivity contribution in [1.82, 2.24) is 19.1 Å². The summed E-state index contributed by atoms with van der Waals surface area (Å²) in [6.45, 7) is 4.90. The maximum Gasteiger partial charge on any atom is 0.165 e. The van der Waals surface area contributed by atoms with Crippen LogP contribution in [-0.4, -0.2) is 19.1 Å². The molecule has 11 rings (SSSR count). The number of aromatic nitrogens is 4. The second-order valence-corrected chi connectivity index (χ2v) is 15.0. The number of nitrogens with zero attached hydrogens (tertiary/aromatic N) is 4. The quantitative estimate of drug-likeness (QED) is 0.186. The van der Waals surface area contributed by atoms with Gasteiger partial charge in [-0.3, -0.25) is 4.57 Å². The number of hydrogen-bond donors (Lipinski definition) is 0. The molecular weight excluding hydrogens is 645 g/mol. The lowest BCUT2D eigenvalue weighted by molar-refractivity contribution is 0.352. The summed E-state index contributed by atoms with van der Waals surface area (Å²) in [6, 6.07) is 51.9. The lowest BCUT2D eigenvalue weighted by Crippen LogP contribution is -2.34. The first kappa shape index (κ1) is 30.1. The predicted octanol–water partition coefficient (Wildman–Crippen LogP) is 12.1. The zero-order chi connectivity index (χ0) is 35.3.